The number of nitrogens with one attached hydrogen (secondary N) is 1. The lowest BCUT2D eigenvalue weighted by Gasteiger charge is -2.13. The fourth-order valence-electron chi connectivity index (χ4n) is 3.04. The molecule has 0 saturated heterocycles. The van der Waals surface area contributed by atoms with Crippen LogP contribution in [0.4, 0.5) is 0 Å². The monoisotopic (exact) mass is 339 g/mol. The van der Waals surface area contributed by atoms with Crippen LogP contribution < -0.4 is 10.1 Å². The van der Waals surface area contributed by atoms with E-state index in [1.54, 1.807) is 12.1 Å². The van der Waals surface area contributed by atoms with Gasteiger partial charge in [0.15, 0.2) is 0 Å². The van der Waals surface area contributed by atoms with Crippen molar-refractivity contribution in [1.82, 2.24) is 5.32 Å². The number of hydrogen-bond donors (Lipinski definition) is 2. The average Bonchev–Trinajstić information content (AvgIpc) is 3.10. The molecule has 3 rings (SSSR count). The molecule has 0 aliphatic heterocycles. The third kappa shape index (κ3) is 4.59. The van der Waals surface area contributed by atoms with E-state index in [0.29, 0.717) is 31.4 Å². The summed E-state index contributed by atoms with van der Waals surface area (Å²) in [7, 11) is 0. The van der Waals surface area contributed by atoms with Crippen molar-refractivity contribution < 1.29 is 19.4 Å². The minimum absolute atomic E-state index is 0.0605. The lowest BCUT2D eigenvalue weighted by Crippen LogP contribution is -2.33. The van der Waals surface area contributed by atoms with Crippen LogP contribution in [0.3, 0.4) is 0 Å². The van der Waals surface area contributed by atoms with Crippen molar-refractivity contribution in [3.63, 3.8) is 0 Å². The molecule has 2 atom stereocenters. The van der Waals surface area contributed by atoms with Gasteiger partial charge in [-0.3, -0.25) is 9.59 Å². The Balaban J connectivity index is 1.51. The predicted molar refractivity (Wildman–Crippen MR) is 93.4 cm³/mol. The first-order valence-corrected chi connectivity index (χ1v) is 8.42. The SMILES string of the molecule is O=C(N[C@@H]1CC[C@H](C(=O)O)C1)c1ccc(COc2ccccc2)cc1. The van der Waals surface area contributed by atoms with E-state index in [1.165, 1.54) is 0 Å². The van der Waals surface area contributed by atoms with Gasteiger partial charge in [0.25, 0.3) is 5.91 Å². The number of amides is 1. The zero-order chi connectivity index (χ0) is 17.6. The predicted octanol–water partition coefficient (Wildman–Crippen LogP) is 3.25. The number of carboxylic acid groups (broad SMARTS) is 1. The Morgan fingerprint density at radius 1 is 1.04 bits per heavy atom. The topological polar surface area (TPSA) is 75.6 Å². The van der Waals surface area contributed by atoms with Crippen LogP contribution in [0.1, 0.15) is 35.2 Å². The molecule has 1 amide bonds. The van der Waals surface area contributed by atoms with Gasteiger partial charge in [-0.05, 0) is 49.1 Å². The van der Waals surface area contributed by atoms with Crippen molar-refractivity contribution in [1.29, 1.82) is 0 Å². The van der Waals surface area contributed by atoms with Crippen molar-refractivity contribution in [3.8, 4) is 5.75 Å². The van der Waals surface area contributed by atoms with Crippen LogP contribution in [0.25, 0.3) is 0 Å². The van der Waals surface area contributed by atoms with E-state index in [9.17, 15) is 9.59 Å². The Labute approximate surface area is 146 Å². The summed E-state index contributed by atoms with van der Waals surface area (Å²) in [6.07, 6.45) is 1.84. The molecule has 2 aromatic rings. The molecule has 2 aromatic carbocycles. The molecule has 0 bridgehead atoms. The fourth-order valence-corrected chi connectivity index (χ4v) is 3.04. The molecule has 2 N–H and O–H groups in total. The number of carbonyl (C=O) groups is 2. The lowest BCUT2D eigenvalue weighted by atomic mass is 10.1. The van der Waals surface area contributed by atoms with Crippen LogP contribution in [0.5, 0.6) is 5.75 Å². The first-order valence-electron chi connectivity index (χ1n) is 8.42. The standard InChI is InChI=1S/C20H21NO4/c22-19(21-17-11-10-16(12-17)20(23)24)15-8-6-14(7-9-15)13-25-18-4-2-1-3-5-18/h1-9,16-17H,10-13H2,(H,21,22)(H,23,24)/t16-,17+/m0/s1. The second-order valence-electron chi connectivity index (χ2n) is 6.32. The van der Waals surface area contributed by atoms with E-state index in [0.717, 1.165) is 11.3 Å². The highest BCUT2D eigenvalue weighted by atomic mass is 16.5. The number of rotatable bonds is 6. The molecular weight excluding hydrogens is 318 g/mol. The molecule has 0 aromatic heterocycles. The van der Waals surface area contributed by atoms with Gasteiger partial charge in [0, 0.05) is 11.6 Å². The maximum atomic E-state index is 12.3. The highest BCUT2D eigenvalue weighted by molar-refractivity contribution is 5.94. The van der Waals surface area contributed by atoms with Crippen molar-refractivity contribution >= 4 is 11.9 Å². The molecule has 0 unspecified atom stereocenters. The van der Waals surface area contributed by atoms with E-state index in [2.05, 4.69) is 5.32 Å². The van der Waals surface area contributed by atoms with Gasteiger partial charge < -0.3 is 15.2 Å². The number of aliphatic carboxylic acids is 1. The maximum absolute atomic E-state index is 12.3. The Hall–Kier alpha value is -2.82. The second-order valence-corrected chi connectivity index (χ2v) is 6.32. The first-order chi connectivity index (χ1) is 12.1. The zero-order valence-electron chi connectivity index (χ0n) is 13.9. The molecule has 1 saturated carbocycles. The molecule has 0 spiro atoms. The first kappa shape index (κ1) is 17.0. The molecule has 1 aliphatic rings. The van der Waals surface area contributed by atoms with Crippen LogP contribution in [0.15, 0.2) is 54.6 Å². The third-order valence-electron chi connectivity index (χ3n) is 4.48. The quantitative estimate of drug-likeness (QED) is 0.847. The summed E-state index contributed by atoms with van der Waals surface area (Å²) in [5, 5.41) is 11.9. The van der Waals surface area contributed by atoms with Crippen LogP contribution in [-0.2, 0) is 11.4 Å². The Morgan fingerprint density at radius 2 is 1.76 bits per heavy atom. The van der Waals surface area contributed by atoms with Gasteiger partial charge in [-0.2, -0.15) is 0 Å². The molecule has 25 heavy (non-hydrogen) atoms. The second kappa shape index (κ2) is 7.83. The van der Waals surface area contributed by atoms with Gasteiger partial charge in [-0.25, -0.2) is 0 Å². The molecule has 0 radical (unpaired) electrons. The normalized spacial score (nSPS) is 19.4. The van der Waals surface area contributed by atoms with Gasteiger partial charge in [-0.1, -0.05) is 30.3 Å². The smallest absolute Gasteiger partial charge is 0.306 e. The summed E-state index contributed by atoms with van der Waals surface area (Å²) in [6, 6.07) is 16.8. The van der Waals surface area contributed by atoms with E-state index < -0.39 is 5.97 Å². The van der Waals surface area contributed by atoms with Gasteiger partial charge in [0.1, 0.15) is 12.4 Å². The van der Waals surface area contributed by atoms with Crippen LogP contribution in [0, 0.1) is 5.92 Å². The molecule has 1 aliphatic carbocycles. The van der Waals surface area contributed by atoms with E-state index >= 15 is 0 Å². The highest BCUT2D eigenvalue weighted by Gasteiger charge is 2.30. The van der Waals surface area contributed by atoms with Crippen molar-refractivity contribution in [3.05, 3.63) is 65.7 Å². The van der Waals surface area contributed by atoms with E-state index in [4.69, 9.17) is 9.84 Å². The molecule has 130 valence electrons. The Bertz CT molecular complexity index is 727. The number of carboxylic acids is 1. The van der Waals surface area contributed by atoms with Crippen molar-refractivity contribution in [2.24, 2.45) is 5.92 Å². The van der Waals surface area contributed by atoms with Crippen LogP contribution >= 0.6 is 0 Å². The summed E-state index contributed by atoms with van der Waals surface area (Å²) < 4.78 is 5.68. The minimum Gasteiger partial charge on any atom is -0.489 e. The van der Waals surface area contributed by atoms with Gasteiger partial charge in [-0.15, -0.1) is 0 Å². The largest absolute Gasteiger partial charge is 0.489 e. The van der Waals surface area contributed by atoms with Crippen molar-refractivity contribution in [2.45, 2.75) is 31.9 Å². The number of benzene rings is 2. The number of para-hydroxylation sites is 1. The molecule has 5 nitrogen and oxygen atoms in total. The molecule has 1 fully saturated rings. The molecule has 0 heterocycles. The summed E-state index contributed by atoms with van der Waals surface area (Å²) in [6.45, 7) is 0.439. The summed E-state index contributed by atoms with van der Waals surface area (Å²) in [5.41, 5.74) is 1.55. The van der Waals surface area contributed by atoms with Gasteiger partial charge >= 0.3 is 5.97 Å². The Kier molecular flexibility index (Phi) is 5.33. The minimum atomic E-state index is -0.778. The van der Waals surface area contributed by atoms with E-state index in [1.807, 2.05) is 42.5 Å². The van der Waals surface area contributed by atoms with Gasteiger partial charge in [0.05, 0.1) is 5.92 Å². The lowest BCUT2D eigenvalue weighted by molar-refractivity contribution is -0.141. The number of carbonyl (C=O) groups excluding carboxylic acids is 1. The number of hydrogen-bond acceptors (Lipinski definition) is 3. The van der Waals surface area contributed by atoms with E-state index in [-0.39, 0.29) is 17.9 Å². The fraction of sp³-hybridized carbons (Fsp3) is 0.300. The Morgan fingerprint density at radius 3 is 2.40 bits per heavy atom. The molecule has 5 heteroatoms. The zero-order valence-corrected chi connectivity index (χ0v) is 13.9. The van der Waals surface area contributed by atoms with Crippen LogP contribution in [-0.4, -0.2) is 23.0 Å². The summed E-state index contributed by atoms with van der Waals surface area (Å²) >= 11 is 0. The average molecular weight is 339 g/mol. The number of ether oxygens (including phenoxy) is 1. The summed E-state index contributed by atoms with van der Waals surface area (Å²) in [5.74, 6) is -0.479. The van der Waals surface area contributed by atoms with Crippen LogP contribution in [0.2, 0.25) is 0 Å². The highest BCUT2D eigenvalue weighted by Crippen LogP contribution is 2.25. The maximum Gasteiger partial charge on any atom is 0.306 e. The van der Waals surface area contributed by atoms with Crippen molar-refractivity contribution in [2.75, 3.05) is 0 Å². The molecular formula is C20H21NO4. The van der Waals surface area contributed by atoms with Gasteiger partial charge in [0.2, 0.25) is 0 Å². The third-order valence-corrected chi connectivity index (χ3v) is 4.48. The summed E-state index contributed by atoms with van der Waals surface area (Å²) in [4.78, 5) is 23.3.